The molecule has 0 amide bonds. The minimum atomic E-state index is 0.324. The van der Waals surface area contributed by atoms with Crippen molar-refractivity contribution in [1.29, 1.82) is 0 Å². The summed E-state index contributed by atoms with van der Waals surface area (Å²) >= 11 is 1.84. The van der Waals surface area contributed by atoms with Crippen LogP contribution in [0.3, 0.4) is 0 Å². The molecule has 1 aliphatic rings. The first-order chi connectivity index (χ1) is 4.64. The van der Waals surface area contributed by atoms with Gasteiger partial charge < -0.3 is 5.21 Å². The van der Waals surface area contributed by atoms with E-state index in [-0.39, 0.29) is 0 Å². The van der Waals surface area contributed by atoms with Gasteiger partial charge in [-0.05, 0) is 17.6 Å². The fourth-order valence-corrected chi connectivity index (χ4v) is 2.32. The number of hydrogen-bond acceptors (Lipinski definition) is 3. The molecule has 10 heavy (non-hydrogen) atoms. The molecule has 1 N–H and O–H groups in total. The molecule has 1 fully saturated rings. The van der Waals surface area contributed by atoms with Crippen molar-refractivity contribution in [3.8, 4) is 0 Å². The first kappa shape index (κ1) is 7.92. The number of nitrogens with zero attached hydrogens (tertiary/aromatic N) is 1. The van der Waals surface area contributed by atoms with Gasteiger partial charge in [-0.3, -0.25) is 0 Å². The van der Waals surface area contributed by atoms with Crippen LogP contribution in [-0.2, 0) is 0 Å². The molecular weight excluding hydrogens is 146 g/mol. The van der Waals surface area contributed by atoms with Gasteiger partial charge in [0.05, 0.1) is 5.71 Å². The summed E-state index contributed by atoms with van der Waals surface area (Å²) in [6, 6.07) is 0. The molecule has 0 atom stereocenters. The molecule has 3 heteroatoms. The Bertz CT molecular complexity index is 154. The first-order valence-corrected chi connectivity index (χ1v) is 4.57. The third kappa shape index (κ3) is 1.90. The maximum atomic E-state index is 8.50. The second-order valence-corrected chi connectivity index (χ2v) is 4.49. The molecule has 0 aromatic rings. The van der Waals surface area contributed by atoms with E-state index in [2.05, 4.69) is 19.0 Å². The molecule has 0 unspecified atom stereocenters. The lowest BCUT2D eigenvalue weighted by atomic mass is 9.89. The maximum absolute atomic E-state index is 8.50. The average Bonchev–Trinajstić information content (AvgIpc) is 1.86. The summed E-state index contributed by atoms with van der Waals surface area (Å²) in [7, 11) is 0. The summed E-state index contributed by atoms with van der Waals surface area (Å²) in [5.41, 5.74) is 1.26. The highest BCUT2D eigenvalue weighted by molar-refractivity contribution is 8.00. The van der Waals surface area contributed by atoms with Crippen LogP contribution in [0.5, 0.6) is 0 Å². The van der Waals surface area contributed by atoms with E-state index in [1.807, 2.05) is 11.8 Å². The van der Waals surface area contributed by atoms with Gasteiger partial charge in [0.2, 0.25) is 0 Å². The van der Waals surface area contributed by atoms with Gasteiger partial charge in [0.25, 0.3) is 0 Å². The number of hydrogen-bond donors (Lipinski definition) is 1. The van der Waals surface area contributed by atoms with Crippen molar-refractivity contribution in [2.24, 2.45) is 10.6 Å². The first-order valence-electron chi connectivity index (χ1n) is 3.42. The molecule has 0 aliphatic carbocycles. The Morgan fingerprint density at radius 2 is 2.30 bits per heavy atom. The fourth-order valence-electron chi connectivity index (χ4n) is 1.16. The highest BCUT2D eigenvalue weighted by atomic mass is 32.2. The molecule has 1 aliphatic heterocycles. The van der Waals surface area contributed by atoms with Crippen LogP contribution >= 0.6 is 11.8 Å². The second kappa shape index (κ2) is 2.82. The minimum absolute atomic E-state index is 0.324. The molecule has 0 aromatic carbocycles. The van der Waals surface area contributed by atoms with Gasteiger partial charge in [-0.25, -0.2) is 0 Å². The smallest absolute Gasteiger partial charge is 0.0675 e. The standard InChI is InChI=1S/C7H13NOS/c1-7(2)3-6(8-9)4-10-5-7/h9H,3-5H2,1-2H3/b8-6-. The summed E-state index contributed by atoms with van der Waals surface area (Å²) in [6.07, 6.45) is 0.941. The zero-order chi connectivity index (χ0) is 7.61. The lowest BCUT2D eigenvalue weighted by molar-refractivity contribution is 0.312. The van der Waals surface area contributed by atoms with Gasteiger partial charge in [-0.2, -0.15) is 11.8 Å². The lowest BCUT2D eigenvalue weighted by Gasteiger charge is -2.28. The Hall–Kier alpha value is -0.180. The van der Waals surface area contributed by atoms with E-state index in [1.165, 1.54) is 5.75 Å². The Labute approximate surface area is 65.7 Å². The van der Waals surface area contributed by atoms with Crippen LogP contribution in [0.4, 0.5) is 0 Å². The van der Waals surface area contributed by atoms with Crippen LogP contribution in [-0.4, -0.2) is 22.4 Å². The molecule has 58 valence electrons. The molecular formula is C7H13NOS. The van der Waals surface area contributed by atoms with E-state index >= 15 is 0 Å². The normalized spacial score (nSPS) is 28.8. The Kier molecular flexibility index (Phi) is 2.24. The molecule has 2 nitrogen and oxygen atoms in total. The molecule has 0 bridgehead atoms. The van der Waals surface area contributed by atoms with Crippen molar-refractivity contribution in [1.82, 2.24) is 0 Å². The van der Waals surface area contributed by atoms with Crippen molar-refractivity contribution >= 4 is 17.5 Å². The third-order valence-electron chi connectivity index (χ3n) is 1.59. The Balaban J connectivity index is 2.56. The maximum Gasteiger partial charge on any atom is 0.0675 e. The zero-order valence-electron chi connectivity index (χ0n) is 6.42. The van der Waals surface area contributed by atoms with Crippen LogP contribution in [0.1, 0.15) is 20.3 Å². The predicted molar refractivity (Wildman–Crippen MR) is 44.9 cm³/mol. The summed E-state index contributed by atoms with van der Waals surface area (Å²) < 4.78 is 0. The van der Waals surface area contributed by atoms with Crippen LogP contribution in [0.25, 0.3) is 0 Å². The predicted octanol–water partition coefficient (Wildman–Crippen LogP) is 1.98. The molecule has 0 aromatic heterocycles. The molecule has 0 saturated carbocycles. The van der Waals surface area contributed by atoms with Crippen molar-refractivity contribution in [2.75, 3.05) is 11.5 Å². The van der Waals surface area contributed by atoms with E-state index in [9.17, 15) is 0 Å². The van der Waals surface area contributed by atoms with Crippen LogP contribution in [0, 0.1) is 5.41 Å². The van der Waals surface area contributed by atoms with E-state index in [0.717, 1.165) is 17.9 Å². The molecule has 0 radical (unpaired) electrons. The van der Waals surface area contributed by atoms with Crippen LogP contribution in [0.15, 0.2) is 5.16 Å². The largest absolute Gasteiger partial charge is 0.411 e. The Morgan fingerprint density at radius 1 is 1.60 bits per heavy atom. The number of oxime groups is 1. The summed E-state index contributed by atoms with van der Waals surface area (Å²) in [6.45, 7) is 4.40. The monoisotopic (exact) mass is 159 g/mol. The summed E-state index contributed by atoms with van der Waals surface area (Å²) in [5.74, 6) is 2.08. The van der Waals surface area contributed by atoms with E-state index in [1.54, 1.807) is 0 Å². The molecule has 0 spiro atoms. The van der Waals surface area contributed by atoms with Crippen molar-refractivity contribution in [2.45, 2.75) is 20.3 Å². The van der Waals surface area contributed by atoms with Crippen molar-refractivity contribution < 1.29 is 5.21 Å². The third-order valence-corrected chi connectivity index (χ3v) is 3.11. The quantitative estimate of drug-likeness (QED) is 0.433. The van der Waals surface area contributed by atoms with Crippen LogP contribution < -0.4 is 0 Å². The van der Waals surface area contributed by atoms with Crippen molar-refractivity contribution in [3.63, 3.8) is 0 Å². The van der Waals surface area contributed by atoms with Crippen LogP contribution in [0.2, 0.25) is 0 Å². The fraction of sp³-hybridized carbons (Fsp3) is 0.857. The van der Waals surface area contributed by atoms with Gasteiger partial charge in [0.1, 0.15) is 0 Å². The van der Waals surface area contributed by atoms with E-state index < -0.39 is 0 Å². The number of thioether (sulfide) groups is 1. The van der Waals surface area contributed by atoms with Gasteiger partial charge in [-0.1, -0.05) is 19.0 Å². The molecule has 1 rings (SSSR count). The topological polar surface area (TPSA) is 32.6 Å². The van der Waals surface area contributed by atoms with Gasteiger partial charge in [0.15, 0.2) is 0 Å². The highest BCUT2D eigenvalue weighted by Crippen LogP contribution is 2.31. The highest BCUT2D eigenvalue weighted by Gasteiger charge is 2.25. The summed E-state index contributed by atoms with van der Waals surface area (Å²) in [5, 5.41) is 11.7. The number of rotatable bonds is 0. The zero-order valence-corrected chi connectivity index (χ0v) is 7.24. The van der Waals surface area contributed by atoms with E-state index in [4.69, 9.17) is 5.21 Å². The lowest BCUT2D eigenvalue weighted by Crippen LogP contribution is -2.26. The van der Waals surface area contributed by atoms with Crippen molar-refractivity contribution in [3.05, 3.63) is 0 Å². The van der Waals surface area contributed by atoms with Gasteiger partial charge in [-0.15, -0.1) is 0 Å². The van der Waals surface area contributed by atoms with Gasteiger partial charge >= 0.3 is 0 Å². The SMILES string of the molecule is CC1(C)CSC/C(=N\O)C1. The second-order valence-electron chi connectivity index (χ2n) is 3.50. The summed E-state index contributed by atoms with van der Waals surface area (Å²) in [4.78, 5) is 0. The Morgan fingerprint density at radius 3 is 2.70 bits per heavy atom. The van der Waals surface area contributed by atoms with E-state index in [0.29, 0.717) is 5.41 Å². The molecule has 1 saturated heterocycles. The molecule has 1 heterocycles. The minimum Gasteiger partial charge on any atom is -0.411 e. The van der Waals surface area contributed by atoms with Gasteiger partial charge in [0, 0.05) is 5.75 Å². The average molecular weight is 159 g/mol.